The normalized spacial score (nSPS) is 20.8. The first-order valence-corrected chi connectivity index (χ1v) is 18.1. The van der Waals surface area contributed by atoms with E-state index >= 15 is 4.39 Å². The van der Waals surface area contributed by atoms with Gasteiger partial charge in [-0.05, 0) is 43.9 Å². The number of rotatable bonds is 10. The molecule has 0 radical (unpaired) electrons. The molecule has 14 heteroatoms. The molecule has 1 amide bonds. The number of benzene rings is 2. The zero-order valence-corrected chi connectivity index (χ0v) is 29.7. The number of aromatic nitrogens is 2. The number of methoxy groups -OCH3 is 1. The van der Waals surface area contributed by atoms with Gasteiger partial charge in [0.15, 0.2) is 5.82 Å². The third-order valence-electron chi connectivity index (χ3n) is 10.5. The Hall–Kier alpha value is -3.68. The molecule has 4 aliphatic rings. The third-order valence-corrected chi connectivity index (χ3v) is 11.3. The summed E-state index contributed by atoms with van der Waals surface area (Å²) in [7, 11) is 1.61. The number of hydrogen-bond donors (Lipinski definition) is 2. The van der Waals surface area contributed by atoms with E-state index in [0.29, 0.717) is 53.4 Å². The zero-order chi connectivity index (χ0) is 34.8. The Bertz CT molecular complexity index is 1710. The molecular weight excluding hydrogens is 682 g/mol. The van der Waals surface area contributed by atoms with Gasteiger partial charge in [0.1, 0.15) is 23.7 Å². The molecule has 4 heterocycles. The first kappa shape index (κ1) is 34.8. The summed E-state index contributed by atoms with van der Waals surface area (Å²) in [5.74, 6) is 0.566. The second-order valence-corrected chi connectivity index (χ2v) is 14.0. The average molecular weight is 726 g/mol. The number of piperidine rings is 1. The lowest BCUT2D eigenvalue weighted by molar-refractivity contribution is -0.111. The fourth-order valence-corrected chi connectivity index (χ4v) is 7.84. The van der Waals surface area contributed by atoms with Crippen LogP contribution in [0, 0.1) is 5.82 Å². The van der Waals surface area contributed by atoms with Crippen LogP contribution < -0.4 is 25.3 Å². The molecule has 0 spiro atoms. The van der Waals surface area contributed by atoms with E-state index in [1.54, 1.807) is 30.4 Å². The van der Waals surface area contributed by atoms with E-state index in [2.05, 4.69) is 41.9 Å². The summed E-state index contributed by atoms with van der Waals surface area (Å²) in [4.78, 5) is 35.0. The zero-order valence-electron chi connectivity index (χ0n) is 28.2. The highest BCUT2D eigenvalue weighted by atomic mass is 35.5. The van der Waals surface area contributed by atoms with Gasteiger partial charge in [-0.2, -0.15) is 0 Å². The Morgan fingerprint density at radius 1 is 0.980 bits per heavy atom. The molecule has 1 saturated carbocycles. The highest BCUT2D eigenvalue weighted by Crippen LogP contribution is 2.42. The molecule has 1 unspecified atom stereocenters. The van der Waals surface area contributed by atoms with Crippen molar-refractivity contribution in [2.75, 3.05) is 73.6 Å². The van der Waals surface area contributed by atoms with Crippen molar-refractivity contribution in [1.29, 1.82) is 0 Å². The fraction of sp³-hybridized carbons (Fsp3) is 0.472. The summed E-state index contributed by atoms with van der Waals surface area (Å²) in [6, 6.07) is 9.60. The van der Waals surface area contributed by atoms with Crippen LogP contribution in [-0.4, -0.2) is 90.7 Å². The number of hydroxylamine groups is 1. The van der Waals surface area contributed by atoms with Crippen molar-refractivity contribution in [2.45, 2.75) is 56.7 Å². The van der Waals surface area contributed by atoms with Crippen molar-refractivity contribution < 1.29 is 18.8 Å². The lowest BCUT2D eigenvalue weighted by atomic mass is 9.91. The van der Waals surface area contributed by atoms with Crippen LogP contribution in [0.4, 0.5) is 33.1 Å². The predicted octanol–water partition coefficient (Wildman–Crippen LogP) is 6.82. The summed E-state index contributed by atoms with van der Waals surface area (Å²) in [6.45, 7) is 10.4. The van der Waals surface area contributed by atoms with E-state index in [1.165, 1.54) is 44.8 Å². The molecule has 1 aliphatic carbocycles. The van der Waals surface area contributed by atoms with Gasteiger partial charge < -0.3 is 20.3 Å². The topological polar surface area (TPSA) is 98.3 Å². The van der Waals surface area contributed by atoms with Gasteiger partial charge in [0.05, 0.1) is 46.9 Å². The maximum Gasteiger partial charge on any atom is 0.247 e. The van der Waals surface area contributed by atoms with E-state index in [1.807, 2.05) is 12.1 Å². The second-order valence-electron chi connectivity index (χ2n) is 13.3. The Kier molecular flexibility index (Phi) is 10.6. The van der Waals surface area contributed by atoms with E-state index < -0.39 is 11.9 Å². The standard InChI is InChI=1S/C36H43Cl2FN8O3/c1-3-34(48)43-27-19-28(42-32-21-33(41-22-40-32)47-29(11-18-50-47)25-7-8-26(37)35(38)36(25)39)31(49-2)20-30(27)46-12-9-24(10-13-46)45-16-14-44(15-17-45)23-5-4-6-23/h3,7-8,19-24,29H,1,4-6,9-18H2,2H3,(H,43,48)(H,40,41,42). The number of piperazine rings is 1. The second kappa shape index (κ2) is 15.3. The van der Waals surface area contributed by atoms with E-state index in [4.69, 9.17) is 32.8 Å². The molecule has 3 aliphatic heterocycles. The van der Waals surface area contributed by atoms with Crippen LogP contribution in [0.15, 0.2) is 49.3 Å². The first-order chi connectivity index (χ1) is 24.3. The summed E-state index contributed by atoms with van der Waals surface area (Å²) in [5.41, 5.74) is 2.48. The Labute approximate surface area is 302 Å². The molecule has 50 heavy (non-hydrogen) atoms. The van der Waals surface area contributed by atoms with Crippen molar-refractivity contribution in [3.8, 4) is 5.75 Å². The van der Waals surface area contributed by atoms with Crippen LogP contribution in [0.1, 0.15) is 50.1 Å². The van der Waals surface area contributed by atoms with E-state index in [9.17, 15) is 4.79 Å². The van der Waals surface area contributed by atoms with Gasteiger partial charge in [-0.3, -0.25) is 19.4 Å². The highest BCUT2D eigenvalue weighted by Gasteiger charge is 2.34. The largest absolute Gasteiger partial charge is 0.494 e. The molecular formula is C36H43Cl2FN8O3. The summed E-state index contributed by atoms with van der Waals surface area (Å²) in [6.07, 6.45) is 9.39. The number of carbonyl (C=O) groups excluding carboxylic acids is 1. The Morgan fingerprint density at radius 3 is 2.36 bits per heavy atom. The van der Waals surface area contributed by atoms with Crippen LogP contribution in [0.2, 0.25) is 10.0 Å². The van der Waals surface area contributed by atoms with Crippen molar-refractivity contribution in [2.24, 2.45) is 0 Å². The molecule has 0 bridgehead atoms. The minimum atomic E-state index is -0.586. The number of carbonyl (C=O) groups is 1. The smallest absolute Gasteiger partial charge is 0.247 e. The lowest BCUT2D eigenvalue weighted by Gasteiger charge is -2.46. The van der Waals surface area contributed by atoms with Crippen LogP contribution in [0.5, 0.6) is 5.75 Å². The number of hydrogen-bond acceptors (Lipinski definition) is 10. The van der Waals surface area contributed by atoms with Crippen molar-refractivity contribution in [3.63, 3.8) is 0 Å². The molecule has 2 aromatic carbocycles. The van der Waals surface area contributed by atoms with Crippen molar-refractivity contribution in [1.82, 2.24) is 19.8 Å². The highest BCUT2D eigenvalue weighted by molar-refractivity contribution is 6.42. The van der Waals surface area contributed by atoms with Gasteiger partial charge in [0.2, 0.25) is 5.91 Å². The lowest BCUT2D eigenvalue weighted by Crippen LogP contribution is -2.56. The average Bonchev–Trinajstić information content (AvgIpc) is 3.60. The Balaban J connectivity index is 1.08. The van der Waals surface area contributed by atoms with E-state index in [-0.39, 0.29) is 16.0 Å². The van der Waals surface area contributed by atoms with Crippen LogP contribution >= 0.6 is 23.2 Å². The van der Waals surface area contributed by atoms with Gasteiger partial charge in [0, 0.05) is 75.5 Å². The van der Waals surface area contributed by atoms with E-state index in [0.717, 1.165) is 50.7 Å². The van der Waals surface area contributed by atoms with Gasteiger partial charge in [0.25, 0.3) is 0 Å². The van der Waals surface area contributed by atoms with Crippen molar-refractivity contribution >= 4 is 57.8 Å². The maximum absolute atomic E-state index is 15.1. The van der Waals surface area contributed by atoms with Gasteiger partial charge >= 0.3 is 0 Å². The maximum atomic E-state index is 15.1. The van der Waals surface area contributed by atoms with Crippen molar-refractivity contribution in [3.05, 3.63) is 70.7 Å². The predicted molar refractivity (Wildman–Crippen MR) is 195 cm³/mol. The number of ether oxygens (including phenoxy) is 1. The molecule has 1 atom stereocenters. The molecule has 3 saturated heterocycles. The molecule has 2 N–H and O–H groups in total. The number of halogens is 3. The quantitative estimate of drug-likeness (QED) is 0.171. The third kappa shape index (κ3) is 7.22. The van der Waals surface area contributed by atoms with Gasteiger partial charge in [-0.15, -0.1) is 0 Å². The summed E-state index contributed by atoms with van der Waals surface area (Å²) in [5, 5.41) is 7.91. The fourth-order valence-electron chi connectivity index (χ4n) is 7.52. The van der Waals surface area contributed by atoms with Gasteiger partial charge in [-0.1, -0.05) is 42.3 Å². The van der Waals surface area contributed by atoms with Crippen LogP contribution in [0.25, 0.3) is 0 Å². The molecule has 7 rings (SSSR count). The number of anilines is 5. The molecule has 4 fully saturated rings. The minimum Gasteiger partial charge on any atom is -0.494 e. The molecule has 266 valence electrons. The summed E-state index contributed by atoms with van der Waals surface area (Å²) < 4.78 is 21.0. The number of nitrogens with zero attached hydrogens (tertiary/aromatic N) is 6. The molecule has 11 nitrogen and oxygen atoms in total. The summed E-state index contributed by atoms with van der Waals surface area (Å²) >= 11 is 12.2. The van der Waals surface area contributed by atoms with Gasteiger partial charge in [-0.25, -0.2) is 19.4 Å². The minimum absolute atomic E-state index is 0.127. The van der Waals surface area contributed by atoms with Crippen LogP contribution in [0.3, 0.4) is 0 Å². The number of nitrogens with one attached hydrogen (secondary N) is 2. The molecule has 1 aromatic heterocycles. The first-order valence-electron chi connectivity index (χ1n) is 17.4. The monoisotopic (exact) mass is 724 g/mol. The van der Waals surface area contributed by atoms with Crippen LogP contribution in [-0.2, 0) is 9.63 Å². The molecule has 3 aromatic rings. The number of amides is 1. The Morgan fingerprint density at radius 2 is 1.70 bits per heavy atom. The SMILES string of the molecule is C=CC(=O)Nc1cc(Nc2cc(N3OCCC3c3ccc(Cl)c(Cl)c3F)ncn2)c(OC)cc1N1CCC(N2CCN(C3CCC3)CC2)CC1.